The van der Waals surface area contributed by atoms with Crippen LogP contribution in [0.5, 0.6) is 0 Å². The lowest BCUT2D eigenvalue weighted by Gasteiger charge is -2.35. The fraction of sp³-hybridized carbons (Fsp3) is 0.571. The number of ether oxygens (including phenoxy) is 1. The van der Waals surface area contributed by atoms with Crippen LogP contribution in [0.25, 0.3) is 20.8 Å². The smallest absolute Gasteiger partial charge is 0.410 e. The maximum atomic E-state index is 13.0. The predicted octanol–water partition coefficient (Wildman–Crippen LogP) is 7.43. The SMILES string of the molecule is CC[C@H](C)CCCC(=O)Cc1sc2c(c1-c1nc3cnccc3s1)C[C@@H](C)N(C(=O)OC(C)(C)C)C2. The third-order valence-electron chi connectivity index (χ3n) is 6.75. The minimum atomic E-state index is -0.542. The maximum Gasteiger partial charge on any atom is 0.410 e. The van der Waals surface area contributed by atoms with Gasteiger partial charge in [-0.1, -0.05) is 26.7 Å². The van der Waals surface area contributed by atoms with Gasteiger partial charge < -0.3 is 9.64 Å². The number of fused-ring (bicyclic) bond motifs is 2. The topological polar surface area (TPSA) is 72.4 Å². The summed E-state index contributed by atoms with van der Waals surface area (Å²) in [4.78, 5) is 39.1. The van der Waals surface area contributed by atoms with Gasteiger partial charge in [-0.25, -0.2) is 9.78 Å². The molecule has 1 aliphatic rings. The number of carbonyl (C=O) groups excluding carboxylic acids is 2. The monoisotopic (exact) mass is 527 g/mol. The van der Waals surface area contributed by atoms with Crippen molar-refractivity contribution in [2.24, 2.45) is 5.92 Å². The lowest BCUT2D eigenvalue weighted by atomic mass is 9.95. The minimum absolute atomic E-state index is 0.00386. The summed E-state index contributed by atoms with van der Waals surface area (Å²) in [5, 5.41) is 0.941. The van der Waals surface area contributed by atoms with Crippen LogP contribution in [0.2, 0.25) is 0 Å². The average Bonchev–Trinajstić information content (AvgIpc) is 3.37. The lowest BCUT2D eigenvalue weighted by Crippen LogP contribution is -2.44. The molecule has 8 heteroatoms. The third kappa shape index (κ3) is 6.14. The van der Waals surface area contributed by atoms with Crippen LogP contribution in [0.15, 0.2) is 18.5 Å². The summed E-state index contributed by atoms with van der Waals surface area (Å²) in [5.74, 6) is 0.928. The number of aromatic nitrogens is 2. The van der Waals surface area contributed by atoms with Crippen molar-refractivity contribution in [3.8, 4) is 10.6 Å². The van der Waals surface area contributed by atoms with Gasteiger partial charge in [-0.15, -0.1) is 22.7 Å². The molecule has 0 radical (unpaired) electrons. The van der Waals surface area contributed by atoms with Crippen molar-refractivity contribution in [1.29, 1.82) is 0 Å². The van der Waals surface area contributed by atoms with Gasteiger partial charge >= 0.3 is 6.09 Å². The van der Waals surface area contributed by atoms with Gasteiger partial charge in [-0.2, -0.15) is 0 Å². The zero-order valence-corrected chi connectivity index (χ0v) is 23.9. The molecule has 0 aliphatic carbocycles. The summed E-state index contributed by atoms with van der Waals surface area (Å²) in [6, 6.07) is 1.98. The molecule has 194 valence electrons. The number of carbonyl (C=O) groups is 2. The average molecular weight is 528 g/mol. The standard InChI is InChI=1S/C28H37N3O3S2/c1-7-17(2)9-8-10-19(32)14-23-25(26-30-21-15-29-12-11-22(21)36-26)20-13-18(3)31(16-24(20)35-23)27(33)34-28(4,5)6/h11-12,15,17-18H,7-10,13-14,16H2,1-6H3/t17-,18+/m0/s1. The van der Waals surface area contributed by atoms with Gasteiger partial charge in [0.05, 0.1) is 17.4 Å². The van der Waals surface area contributed by atoms with E-state index in [1.807, 2.05) is 31.7 Å². The molecule has 1 amide bonds. The van der Waals surface area contributed by atoms with Crippen molar-refractivity contribution in [3.63, 3.8) is 0 Å². The number of rotatable bonds is 8. The van der Waals surface area contributed by atoms with Gasteiger partial charge in [0.25, 0.3) is 0 Å². The fourth-order valence-electron chi connectivity index (χ4n) is 4.57. The molecule has 36 heavy (non-hydrogen) atoms. The minimum Gasteiger partial charge on any atom is -0.444 e. The normalized spacial score (nSPS) is 16.7. The molecule has 0 saturated heterocycles. The first-order chi connectivity index (χ1) is 17.1. The number of hydrogen-bond donors (Lipinski definition) is 0. The summed E-state index contributed by atoms with van der Waals surface area (Å²) in [5.41, 5.74) is 2.66. The van der Waals surface area contributed by atoms with Crippen molar-refractivity contribution < 1.29 is 14.3 Å². The molecule has 1 aliphatic heterocycles. The molecule has 0 saturated carbocycles. The van der Waals surface area contributed by atoms with Crippen molar-refractivity contribution in [1.82, 2.24) is 14.9 Å². The number of thiazole rings is 1. The summed E-state index contributed by atoms with van der Waals surface area (Å²) in [7, 11) is 0. The lowest BCUT2D eigenvalue weighted by molar-refractivity contribution is -0.118. The van der Waals surface area contributed by atoms with Crippen LogP contribution in [0.4, 0.5) is 4.79 Å². The molecule has 0 N–H and O–H groups in total. The quantitative estimate of drug-likeness (QED) is 0.305. The van der Waals surface area contributed by atoms with Crippen LogP contribution in [0.3, 0.4) is 0 Å². The van der Waals surface area contributed by atoms with Crippen molar-refractivity contribution in [2.75, 3.05) is 0 Å². The molecule has 4 rings (SSSR count). The van der Waals surface area contributed by atoms with E-state index in [4.69, 9.17) is 9.72 Å². The molecular formula is C28H37N3O3S2. The third-order valence-corrected chi connectivity index (χ3v) is 9.02. The highest BCUT2D eigenvalue weighted by atomic mass is 32.1. The second-order valence-electron chi connectivity index (χ2n) is 10.9. The van der Waals surface area contributed by atoms with Gasteiger partial charge in [-0.05, 0) is 58.1 Å². The van der Waals surface area contributed by atoms with E-state index in [-0.39, 0.29) is 17.9 Å². The van der Waals surface area contributed by atoms with E-state index < -0.39 is 5.60 Å². The summed E-state index contributed by atoms with van der Waals surface area (Å²) in [6.07, 6.45) is 8.21. The van der Waals surface area contributed by atoms with Crippen molar-refractivity contribution >= 4 is 44.8 Å². The largest absolute Gasteiger partial charge is 0.444 e. The predicted molar refractivity (Wildman–Crippen MR) is 148 cm³/mol. The van der Waals surface area contributed by atoms with Gasteiger partial charge in [0.15, 0.2) is 0 Å². The Morgan fingerprint density at radius 1 is 1.28 bits per heavy atom. The summed E-state index contributed by atoms with van der Waals surface area (Å²) >= 11 is 3.31. The number of Topliss-reactive ketones (excluding diaryl/α,β-unsaturated/α-hetero) is 1. The molecule has 0 spiro atoms. The summed E-state index contributed by atoms with van der Waals surface area (Å²) in [6.45, 7) is 12.7. The van der Waals surface area contributed by atoms with Crippen LogP contribution in [-0.2, 0) is 28.9 Å². The van der Waals surface area contributed by atoms with E-state index in [1.165, 1.54) is 5.56 Å². The number of thiophene rings is 1. The number of ketones is 1. The summed E-state index contributed by atoms with van der Waals surface area (Å²) < 4.78 is 6.77. The highest BCUT2D eigenvalue weighted by Gasteiger charge is 2.35. The van der Waals surface area contributed by atoms with Crippen LogP contribution < -0.4 is 0 Å². The highest BCUT2D eigenvalue weighted by Crippen LogP contribution is 2.44. The first-order valence-corrected chi connectivity index (χ1v) is 14.5. The number of amides is 1. The van der Waals surface area contributed by atoms with E-state index >= 15 is 0 Å². The highest BCUT2D eigenvalue weighted by molar-refractivity contribution is 7.22. The maximum absolute atomic E-state index is 13.0. The molecule has 2 atom stereocenters. The van der Waals surface area contributed by atoms with Gasteiger partial charge in [0.2, 0.25) is 0 Å². The number of pyridine rings is 1. The van der Waals surface area contributed by atoms with Gasteiger partial charge in [-0.3, -0.25) is 9.78 Å². The molecule has 0 aromatic carbocycles. The van der Waals surface area contributed by atoms with Crippen molar-refractivity contribution in [3.05, 3.63) is 33.8 Å². The Hall–Kier alpha value is -2.32. The van der Waals surface area contributed by atoms with Crippen LogP contribution in [0.1, 0.15) is 82.5 Å². The Labute approximate surface area is 222 Å². The van der Waals surface area contributed by atoms with E-state index in [9.17, 15) is 9.59 Å². The molecule has 0 fully saturated rings. The first kappa shape index (κ1) is 26.7. The van der Waals surface area contributed by atoms with Crippen molar-refractivity contribution in [2.45, 2.75) is 98.3 Å². The Kier molecular flexibility index (Phi) is 8.15. The molecule has 3 aromatic heterocycles. The Morgan fingerprint density at radius 3 is 2.75 bits per heavy atom. The first-order valence-electron chi connectivity index (χ1n) is 12.9. The zero-order valence-electron chi connectivity index (χ0n) is 22.2. The number of nitrogens with zero attached hydrogens (tertiary/aromatic N) is 3. The van der Waals surface area contributed by atoms with Crippen LogP contribution in [0, 0.1) is 5.92 Å². The fourth-order valence-corrected chi connectivity index (χ4v) is 7.03. The van der Waals surface area contributed by atoms with Crippen LogP contribution >= 0.6 is 22.7 Å². The van der Waals surface area contributed by atoms with Gasteiger partial charge in [0.1, 0.15) is 21.9 Å². The van der Waals surface area contributed by atoms with E-state index in [0.717, 1.165) is 56.2 Å². The molecule has 4 heterocycles. The van der Waals surface area contributed by atoms with E-state index in [0.29, 0.717) is 25.3 Å². The molecule has 6 nitrogen and oxygen atoms in total. The van der Waals surface area contributed by atoms with Gasteiger partial charge in [0, 0.05) is 40.4 Å². The second kappa shape index (κ2) is 11.0. The Bertz CT molecular complexity index is 1210. The molecule has 0 bridgehead atoms. The Morgan fingerprint density at radius 2 is 2.06 bits per heavy atom. The Balaban J connectivity index is 1.65. The number of hydrogen-bond acceptors (Lipinski definition) is 7. The van der Waals surface area contributed by atoms with E-state index in [2.05, 4.69) is 25.8 Å². The molecule has 0 unspecified atom stereocenters. The van der Waals surface area contributed by atoms with E-state index in [1.54, 1.807) is 35.1 Å². The zero-order chi connectivity index (χ0) is 26.0. The molecular weight excluding hydrogens is 490 g/mol. The van der Waals surface area contributed by atoms with Crippen LogP contribution in [-0.4, -0.2) is 38.4 Å². The second-order valence-corrected chi connectivity index (χ2v) is 13.2. The molecule has 3 aromatic rings.